The summed E-state index contributed by atoms with van der Waals surface area (Å²) in [7, 11) is 1.58. The number of carbonyl (C=O) groups is 2. The number of anilines is 1. The minimum atomic E-state index is -4.70. The van der Waals surface area contributed by atoms with Gasteiger partial charge < -0.3 is 11.1 Å². The molecule has 4 aromatic rings. The zero-order valence-electron chi connectivity index (χ0n) is 16.8. The highest BCUT2D eigenvalue weighted by Gasteiger charge is 2.35. The number of nitrogens with two attached hydrogens (primary N) is 1. The van der Waals surface area contributed by atoms with Gasteiger partial charge in [0.15, 0.2) is 0 Å². The molecule has 0 bridgehead atoms. The van der Waals surface area contributed by atoms with E-state index in [1.54, 1.807) is 50.4 Å². The highest BCUT2D eigenvalue weighted by Crippen LogP contribution is 2.43. The number of hydrogen-bond acceptors (Lipinski definition) is 5. The van der Waals surface area contributed by atoms with Crippen molar-refractivity contribution in [3.63, 3.8) is 0 Å². The van der Waals surface area contributed by atoms with Crippen LogP contribution in [0.4, 0.5) is 18.9 Å². The molecule has 164 valence electrons. The van der Waals surface area contributed by atoms with Crippen LogP contribution in [0.15, 0.2) is 42.5 Å². The molecule has 2 amide bonds. The fourth-order valence-electron chi connectivity index (χ4n) is 3.38. The molecule has 1 aromatic carbocycles. The molecule has 3 heterocycles. The van der Waals surface area contributed by atoms with Crippen LogP contribution in [0.25, 0.3) is 21.3 Å². The van der Waals surface area contributed by atoms with E-state index in [1.807, 2.05) is 0 Å². The summed E-state index contributed by atoms with van der Waals surface area (Å²) in [4.78, 5) is 28.6. The van der Waals surface area contributed by atoms with Crippen molar-refractivity contribution in [3.05, 3.63) is 64.4 Å². The Labute approximate surface area is 183 Å². The van der Waals surface area contributed by atoms with Gasteiger partial charge in [0.2, 0.25) is 0 Å². The van der Waals surface area contributed by atoms with Crippen molar-refractivity contribution in [2.75, 3.05) is 5.32 Å². The number of halogens is 3. The number of carbonyl (C=O) groups excluding carboxylic acids is 2. The normalized spacial score (nSPS) is 11.7. The standard InChI is InChI=1S/C21H16F3N5O2S/c1-10-8-13(29(2)28-10)19(31)27-16-15-12(11-6-4-3-5-7-11)9-14(21(22,23)24)26-20(15)32-17(16)18(25)30/h3-9H,1-2H3,(H2,25,30)(H,27,31). The summed E-state index contributed by atoms with van der Waals surface area (Å²) in [6.45, 7) is 1.71. The van der Waals surface area contributed by atoms with Crippen molar-refractivity contribution in [1.29, 1.82) is 0 Å². The van der Waals surface area contributed by atoms with Crippen molar-refractivity contribution in [2.45, 2.75) is 13.1 Å². The number of nitrogens with zero attached hydrogens (tertiary/aromatic N) is 3. The fraction of sp³-hybridized carbons (Fsp3) is 0.143. The molecule has 0 fully saturated rings. The predicted molar refractivity (Wildman–Crippen MR) is 114 cm³/mol. The number of aryl methyl sites for hydroxylation is 2. The number of primary amides is 1. The monoisotopic (exact) mass is 459 g/mol. The Kier molecular flexibility index (Phi) is 5.21. The molecule has 3 N–H and O–H groups in total. The highest BCUT2D eigenvalue weighted by atomic mass is 32.1. The third kappa shape index (κ3) is 3.82. The molecule has 0 atom stereocenters. The molecule has 11 heteroatoms. The number of benzene rings is 1. The molecule has 3 aromatic heterocycles. The van der Waals surface area contributed by atoms with Crippen LogP contribution in [0.2, 0.25) is 0 Å². The SMILES string of the molecule is Cc1cc(C(=O)Nc2c(C(N)=O)sc3nc(C(F)(F)F)cc(-c4ccccc4)c23)n(C)n1. The first-order valence-electron chi connectivity index (χ1n) is 9.28. The minimum Gasteiger partial charge on any atom is -0.365 e. The molecule has 0 radical (unpaired) electrons. The highest BCUT2D eigenvalue weighted by molar-refractivity contribution is 7.21. The summed E-state index contributed by atoms with van der Waals surface area (Å²) < 4.78 is 41.9. The van der Waals surface area contributed by atoms with Crippen LogP contribution in [0.1, 0.15) is 31.5 Å². The van der Waals surface area contributed by atoms with E-state index >= 15 is 0 Å². The van der Waals surface area contributed by atoms with Gasteiger partial charge in [-0.15, -0.1) is 11.3 Å². The van der Waals surface area contributed by atoms with Gasteiger partial charge in [0, 0.05) is 12.4 Å². The molecular formula is C21H16F3N5O2S. The Morgan fingerprint density at radius 2 is 1.84 bits per heavy atom. The number of pyridine rings is 1. The molecule has 0 saturated heterocycles. The number of nitrogens with one attached hydrogen (secondary N) is 1. The third-order valence-corrected chi connectivity index (χ3v) is 5.83. The number of alkyl halides is 3. The molecule has 4 rings (SSSR count). The van der Waals surface area contributed by atoms with E-state index in [0.717, 1.165) is 6.07 Å². The Hall–Kier alpha value is -3.73. The number of rotatable bonds is 4. The molecule has 0 spiro atoms. The molecular weight excluding hydrogens is 443 g/mol. The van der Waals surface area contributed by atoms with Crippen molar-refractivity contribution in [2.24, 2.45) is 12.8 Å². The van der Waals surface area contributed by atoms with E-state index in [-0.39, 0.29) is 32.0 Å². The van der Waals surface area contributed by atoms with Gasteiger partial charge in [-0.25, -0.2) is 4.98 Å². The lowest BCUT2D eigenvalue weighted by Crippen LogP contribution is -2.19. The van der Waals surface area contributed by atoms with E-state index in [1.165, 1.54) is 4.68 Å². The van der Waals surface area contributed by atoms with Crippen molar-refractivity contribution in [1.82, 2.24) is 14.8 Å². The first-order chi connectivity index (χ1) is 15.1. The van der Waals surface area contributed by atoms with Crippen LogP contribution in [0, 0.1) is 6.92 Å². The number of amides is 2. The van der Waals surface area contributed by atoms with Gasteiger partial charge in [0.05, 0.1) is 11.4 Å². The van der Waals surface area contributed by atoms with Crippen LogP contribution in [-0.4, -0.2) is 26.6 Å². The number of aromatic nitrogens is 3. The second-order valence-electron chi connectivity index (χ2n) is 7.02. The van der Waals surface area contributed by atoms with Crippen LogP contribution >= 0.6 is 11.3 Å². The van der Waals surface area contributed by atoms with Crippen LogP contribution in [-0.2, 0) is 13.2 Å². The molecule has 0 aliphatic heterocycles. The Balaban J connectivity index is 1.99. The first kappa shape index (κ1) is 21.5. The van der Waals surface area contributed by atoms with Gasteiger partial charge in [-0.1, -0.05) is 30.3 Å². The number of fused-ring (bicyclic) bond motifs is 1. The average Bonchev–Trinajstić information content (AvgIpc) is 3.26. The average molecular weight is 459 g/mol. The van der Waals surface area contributed by atoms with E-state index in [0.29, 0.717) is 22.6 Å². The van der Waals surface area contributed by atoms with Crippen LogP contribution in [0.3, 0.4) is 0 Å². The van der Waals surface area contributed by atoms with Crippen LogP contribution < -0.4 is 11.1 Å². The molecule has 0 aliphatic carbocycles. The second-order valence-corrected chi connectivity index (χ2v) is 8.02. The largest absolute Gasteiger partial charge is 0.433 e. The minimum absolute atomic E-state index is 0.0152. The van der Waals surface area contributed by atoms with E-state index in [9.17, 15) is 22.8 Å². The van der Waals surface area contributed by atoms with Crippen molar-refractivity contribution in [3.8, 4) is 11.1 Å². The maximum atomic E-state index is 13.5. The Morgan fingerprint density at radius 3 is 2.41 bits per heavy atom. The smallest absolute Gasteiger partial charge is 0.365 e. The molecule has 32 heavy (non-hydrogen) atoms. The maximum Gasteiger partial charge on any atom is 0.433 e. The summed E-state index contributed by atoms with van der Waals surface area (Å²) in [6, 6.07) is 10.8. The third-order valence-electron chi connectivity index (χ3n) is 4.73. The fourth-order valence-corrected chi connectivity index (χ4v) is 4.39. The van der Waals surface area contributed by atoms with Gasteiger partial charge in [-0.2, -0.15) is 18.3 Å². The quantitative estimate of drug-likeness (QED) is 0.473. The Bertz CT molecular complexity index is 1360. The Morgan fingerprint density at radius 1 is 1.16 bits per heavy atom. The molecule has 0 saturated carbocycles. The lowest BCUT2D eigenvalue weighted by molar-refractivity contribution is -0.140. The summed E-state index contributed by atoms with van der Waals surface area (Å²) in [5.41, 5.74) is 5.84. The molecule has 7 nitrogen and oxygen atoms in total. The summed E-state index contributed by atoms with van der Waals surface area (Å²) in [6.07, 6.45) is -4.70. The van der Waals surface area contributed by atoms with Gasteiger partial charge in [0.25, 0.3) is 11.8 Å². The first-order valence-corrected chi connectivity index (χ1v) is 10.1. The van der Waals surface area contributed by atoms with Gasteiger partial charge in [-0.05, 0) is 30.2 Å². The number of hydrogen-bond donors (Lipinski definition) is 2. The zero-order chi connectivity index (χ0) is 23.2. The van der Waals surface area contributed by atoms with Gasteiger partial charge in [-0.3, -0.25) is 14.3 Å². The summed E-state index contributed by atoms with van der Waals surface area (Å²) in [5, 5.41) is 6.96. The topological polar surface area (TPSA) is 103 Å². The van der Waals surface area contributed by atoms with E-state index in [4.69, 9.17) is 5.73 Å². The van der Waals surface area contributed by atoms with E-state index in [2.05, 4.69) is 15.4 Å². The van der Waals surface area contributed by atoms with Crippen molar-refractivity contribution < 1.29 is 22.8 Å². The van der Waals surface area contributed by atoms with Crippen LogP contribution in [0.5, 0.6) is 0 Å². The summed E-state index contributed by atoms with van der Waals surface area (Å²) >= 11 is 0.695. The maximum absolute atomic E-state index is 13.5. The second kappa shape index (κ2) is 7.75. The van der Waals surface area contributed by atoms with Crippen molar-refractivity contribution >= 4 is 39.1 Å². The summed E-state index contributed by atoms with van der Waals surface area (Å²) in [5.74, 6) is -1.48. The predicted octanol–water partition coefficient (Wildman–Crippen LogP) is 4.38. The lowest BCUT2D eigenvalue weighted by Gasteiger charge is -2.12. The van der Waals surface area contributed by atoms with E-state index < -0.39 is 23.7 Å². The molecule has 0 unspecified atom stereocenters. The zero-order valence-corrected chi connectivity index (χ0v) is 17.6. The molecule has 0 aliphatic rings. The lowest BCUT2D eigenvalue weighted by atomic mass is 10.0. The number of thiophene rings is 1. The van der Waals surface area contributed by atoms with Gasteiger partial charge >= 0.3 is 6.18 Å². The van der Waals surface area contributed by atoms with Gasteiger partial charge in [0.1, 0.15) is 21.1 Å².